The summed E-state index contributed by atoms with van der Waals surface area (Å²) in [6.07, 6.45) is 4.91. The van der Waals surface area contributed by atoms with Crippen LogP contribution >= 0.6 is 0 Å². The standard InChI is InChI=1S/C24H28N2O4/c1-29-21-13-7-4-10-17(21)24(28)26-19-12-6-3-9-16(19)15-20(26)23(27)25-18-11-5-8-14-22(18)30-2/h4-5,7-8,10-11,13-14,16,19-20H,3,6,9,12,15H2,1-2H3,(H,25,27). The molecule has 30 heavy (non-hydrogen) atoms. The maximum absolute atomic E-state index is 13.6. The molecule has 3 atom stereocenters. The summed E-state index contributed by atoms with van der Waals surface area (Å²) in [7, 11) is 3.14. The molecule has 0 aromatic heterocycles. The molecule has 1 saturated carbocycles. The molecule has 2 aromatic rings. The predicted octanol–water partition coefficient (Wildman–Crippen LogP) is 4.12. The summed E-state index contributed by atoms with van der Waals surface area (Å²) >= 11 is 0. The van der Waals surface area contributed by atoms with Gasteiger partial charge in [-0.25, -0.2) is 0 Å². The number of fused-ring (bicyclic) bond motifs is 1. The highest BCUT2D eigenvalue weighted by Gasteiger charge is 2.48. The molecule has 2 amide bonds. The van der Waals surface area contributed by atoms with E-state index in [1.807, 2.05) is 41.3 Å². The van der Waals surface area contributed by atoms with Crippen molar-refractivity contribution in [2.24, 2.45) is 5.92 Å². The van der Waals surface area contributed by atoms with E-state index in [0.717, 1.165) is 25.7 Å². The largest absolute Gasteiger partial charge is 0.496 e. The van der Waals surface area contributed by atoms with Crippen LogP contribution in [0.1, 0.15) is 42.5 Å². The number of carbonyl (C=O) groups excluding carboxylic acids is 2. The summed E-state index contributed by atoms with van der Waals surface area (Å²) in [6, 6.07) is 14.1. The number of benzene rings is 2. The molecule has 2 fully saturated rings. The van der Waals surface area contributed by atoms with E-state index in [1.54, 1.807) is 26.4 Å². The molecule has 2 aliphatic rings. The molecule has 158 valence electrons. The third kappa shape index (κ3) is 3.74. The molecule has 6 nitrogen and oxygen atoms in total. The monoisotopic (exact) mass is 408 g/mol. The molecule has 1 saturated heterocycles. The van der Waals surface area contributed by atoms with E-state index in [-0.39, 0.29) is 17.9 Å². The Hall–Kier alpha value is -3.02. The first-order valence-electron chi connectivity index (χ1n) is 10.5. The van der Waals surface area contributed by atoms with E-state index in [9.17, 15) is 9.59 Å². The number of carbonyl (C=O) groups is 2. The first kappa shape index (κ1) is 20.3. The van der Waals surface area contributed by atoms with E-state index in [2.05, 4.69) is 5.32 Å². The van der Waals surface area contributed by atoms with Gasteiger partial charge in [-0.3, -0.25) is 9.59 Å². The first-order chi connectivity index (χ1) is 14.6. The summed E-state index contributed by atoms with van der Waals surface area (Å²) < 4.78 is 10.8. The van der Waals surface area contributed by atoms with Crippen LogP contribution < -0.4 is 14.8 Å². The quantitative estimate of drug-likeness (QED) is 0.808. The van der Waals surface area contributed by atoms with E-state index in [0.29, 0.717) is 35.1 Å². The fourth-order valence-corrected chi connectivity index (χ4v) is 4.91. The van der Waals surface area contributed by atoms with Gasteiger partial charge in [0.05, 0.1) is 25.5 Å². The smallest absolute Gasteiger partial charge is 0.258 e. The van der Waals surface area contributed by atoms with Gasteiger partial charge in [-0.15, -0.1) is 0 Å². The van der Waals surface area contributed by atoms with E-state index >= 15 is 0 Å². The molecule has 4 rings (SSSR count). The lowest BCUT2D eigenvalue weighted by Gasteiger charge is -2.34. The molecule has 1 N–H and O–H groups in total. The van der Waals surface area contributed by atoms with E-state index in [4.69, 9.17) is 9.47 Å². The number of nitrogens with one attached hydrogen (secondary N) is 1. The van der Waals surface area contributed by atoms with Gasteiger partial charge in [-0.05, 0) is 49.4 Å². The average molecular weight is 408 g/mol. The van der Waals surface area contributed by atoms with Gasteiger partial charge >= 0.3 is 0 Å². The number of hydrogen-bond donors (Lipinski definition) is 1. The van der Waals surface area contributed by atoms with Crippen molar-refractivity contribution in [1.82, 2.24) is 4.90 Å². The Bertz CT molecular complexity index is 929. The minimum Gasteiger partial charge on any atom is -0.496 e. The van der Waals surface area contributed by atoms with Crippen LogP contribution in [0.15, 0.2) is 48.5 Å². The van der Waals surface area contributed by atoms with Crippen molar-refractivity contribution in [1.29, 1.82) is 0 Å². The summed E-state index contributed by atoms with van der Waals surface area (Å²) in [4.78, 5) is 28.8. The molecule has 0 radical (unpaired) electrons. The van der Waals surface area contributed by atoms with Crippen molar-refractivity contribution in [3.05, 3.63) is 54.1 Å². The zero-order valence-corrected chi connectivity index (χ0v) is 17.5. The topological polar surface area (TPSA) is 67.9 Å². The molecule has 3 unspecified atom stereocenters. The Morgan fingerprint density at radius 1 is 0.933 bits per heavy atom. The van der Waals surface area contributed by atoms with Crippen molar-refractivity contribution in [2.45, 2.75) is 44.2 Å². The van der Waals surface area contributed by atoms with Crippen molar-refractivity contribution in [3.63, 3.8) is 0 Å². The number of para-hydroxylation sites is 3. The molecule has 6 heteroatoms. The fourth-order valence-electron chi connectivity index (χ4n) is 4.91. The minimum atomic E-state index is -0.513. The van der Waals surface area contributed by atoms with E-state index < -0.39 is 6.04 Å². The second-order valence-corrected chi connectivity index (χ2v) is 7.97. The number of methoxy groups -OCH3 is 2. The van der Waals surface area contributed by atoms with Crippen molar-refractivity contribution in [2.75, 3.05) is 19.5 Å². The molecule has 1 heterocycles. The number of ether oxygens (including phenoxy) is 2. The van der Waals surface area contributed by atoms with E-state index in [1.165, 1.54) is 0 Å². The van der Waals surface area contributed by atoms with Gasteiger partial charge in [-0.1, -0.05) is 37.1 Å². The number of rotatable bonds is 5. The summed E-state index contributed by atoms with van der Waals surface area (Å²) in [5.74, 6) is 1.18. The number of nitrogens with zero attached hydrogens (tertiary/aromatic N) is 1. The van der Waals surface area contributed by atoms with Crippen LogP contribution in [-0.4, -0.2) is 43.0 Å². The Morgan fingerprint density at radius 2 is 1.60 bits per heavy atom. The van der Waals surface area contributed by atoms with Crippen LogP contribution in [0.5, 0.6) is 11.5 Å². The minimum absolute atomic E-state index is 0.0876. The third-order valence-corrected chi connectivity index (χ3v) is 6.33. The van der Waals surface area contributed by atoms with Crippen LogP contribution in [0, 0.1) is 5.92 Å². The van der Waals surface area contributed by atoms with Crippen molar-refractivity contribution >= 4 is 17.5 Å². The highest BCUT2D eigenvalue weighted by atomic mass is 16.5. The van der Waals surface area contributed by atoms with Crippen LogP contribution in [0.3, 0.4) is 0 Å². The van der Waals surface area contributed by atoms with Gasteiger partial charge < -0.3 is 19.7 Å². The Balaban J connectivity index is 1.65. The highest BCUT2D eigenvalue weighted by molar-refractivity contribution is 6.03. The van der Waals surface area contributed by atoms with Gasteiger partial charge in [0.25, 0.3) is 5.91 Å². The highest BCUT2D eigenvalue weighted by Crippen LogP contribution is 2.41. The fraction of sp³-hybridized carbons (Fsp3) is 0.417. The number of likely N-dealkylation sites (tertiary alicyclic amines) is 1. The first-order valence-corrected chi connectivity index (χ1v) is 10.5. The molecule has 0 bridgehead atoms. The lowest BCUT2D eigenvalue weighted by Crippen LogP contribution is -2.48. The van der Waals surface area contributed by atoms with Crippen LogP contribution in [0.25, 0.3) is 0 Å². The molecule has 0 spiro atoms. The Kier molecular flexibility index (Phi) is 5.93. The lowest BCUT2D eigenvalue weighted by molar-refractivity contribution is -0.120. The second-order valence-electron chi connectivity index (χ2n) is 7.97. The van der Waals surface area contributed by atoms with Crippen LogP contribution in [-0.2, 0) is 4.79 Å². The maximum Gasteiger partial charge on any atom is 0.258 e. The molecule has 1 aliphatic carbocycles. The average Bonchev–Trinajstić information content (AvgIpc) is 3.18. The van der Waals surface area contributed by atoms with Gasteiger partial charge in [0.15, 0.2) is 0 Å². The number of anilines is 1. The summed E-state index contributed by atoms with van der Waals surface area (Å²) in [5, 5.41) is 2.99. The molecule has 1 aliphatic heterocycles. The maximum atomic E-state index is 13.6. The van der Waals surface area contributed by atoms with Crippen molar-refractivity contribution < 1.29 is 19.1 Å². The Labute approximate surface area is 177 Å². The van der Waals surface area contributed by atoms with Crippen LogP contribution in [0.2, 0.25) is 0 Å². The van der Waals surface area contributed by atoms with Gasteiger partial charge in [0, 0.05) is 6.04 Å². The van der Waals surface area contributed by atoms with Crippen LogP contribution in [0.4, 0.5) is 5.69 Å². The number of amides is 2. The van der Waals surface area contributed by atoms with Gasteiger partial charge in [0.1, 0.15) is 17.5 Å². The second kappa shape index (κ2) is 8.78. The number of hydrogen-bond acceptors (Lipinski definition) is 4. The lowest BCUT2D eigenvalue weighted by atomic mass is 9.84. The zero-order chi connectivity index (χ0) is 21.1. The Morgan fingerprint density at radius 3 is 2.37 bits per heavy atom. The van der Waals surface area contributed by atoms with Gasteiger partial charge in [0.2, 0.25) is 5.91 Å². The van der Waals surface area contributed by atoms with Gasteiger partial charge in [-0.2, -0.15) is 0 Å². The third-order valence-electron chi connectivity index (χ3n) is 6.33. The molecular formula is C24H28N2O4. The molecular weight excluding hydrogens is 380 g/mol. The normalized spacial score (nSPS) is 22.9. The van der Waals surface area contributed by atoms with Crippen molar-refractivity contribution in [3.8, 4) is 11.5 Å². The summed E-state index contributed by atoms with van der Waals surface area (Å²) in [6.45, 7) is 0. The predicted molar refractivity (Wildman–Crippen MR) is 115 cm³/mol. The molecule has 2 aromatic carbocycles. The zero-order valence-electron chi connectivity index (χ0n) is 17.5. The summed E-state index contributed by atoms with van der Waals surface area (Å²) in [5.41, 5.74) is 1.12. The SMILES string of the molecule is COc1ccccc1NC(=O)C1CC2CCCCC2N1C(=O)c1ccccc1OC.